The van der Waals surface area contributed by atoms with Gasteiger partial charge in [0.05, 0.1) is 6.42 Å². The minimum absolute atomic E-state index is 0.0455. The zero-order valence-corrected chi connectivity index (χ0v) is 14.4. The Morgan fingerprint density at radius 1 is 1.26 bits per heavy atom. The lowest BCUT2D eigenvalue weighted by molar-refractivity contribution is -0.509. The maximum absolute atomic E-state index is 12.3. The minimum atomic E-state index is -0.902. The Kier molecular flexibility index (Phi) is 4.89. The fourth-order valence-electron chi connectivity index (χ4n) is 2.87. The van der Waals surface area contributed by atoms with Gasteiger partial charge in [-0.25, -0.2) is 4.79 Å². The number of phenolic OH excluding ortho intramolecular Hbond substituents is 1. The molecule has 0 bridgehead atoms. The maximum atomic E-state index is 12.3. The van der Waals surface area contributed by atoms with Gasteiger partial charge in [-0.2, -0.15) is 0 Å². The third-order valence-electron chi connectivity index (χ3n) is 4.35. The van der Waals surface area contributed by atoms with Gasteiger partial charge in [0.2, 0.25) is 6.04 Å². The normalized spacial score (nSPS) is 15.9. The first-order valence-electron chi connectivity index (χ1n) is 8.20. The second-order valence-corrected chi connectivity index (χ2v) is 6.19. The third-order valence-corrected chi connectivity index (χ3v) is 4.35. The van der Waals surface area contributed by atoms with E-state index in [-0.39, 0.29) is 17.7 Å². The number of urea groups is 1. The molecule has 1 unspecified atom stereocenters. The van der Waals surface area contributed by atoms with Gasteiger partial charge in [0, 0.05) is 16.2 Å². The lowest BCUT2D eigenvalue weighted by atomic mass is 10.0. The highest BCUT2D eigenvalue weighted by atomic mass is 16.6. The number of carbonyl (C=O) groups excluding carboxylic acids is 2. The Labute approximate surface area is 154 Å². The summed E-state index contributed by atoms with van der Waals surface area (Å²) in [6, 6.07) is 6.45. The number of aryl methyl sites for hydroxylation is 1. The molecule has 0 radical (unpaired) electrons. The molecule has 3 amide bonds. The number of allylic oxidation sites excluding steroid dienone is 2. The van der Waals surface area contributed by atoms with Gasteiger partial charge < -0.3 is 10.4 Å². The Morgan fingerprint density at radius 3 is 2.78 bits per heavy atom. The summed E-state index contributed by atoms with van der Waals surface area (Å²) in [5.41, 5.74) is 1.34. The second-order valence-electron chi connectivity index (χ2n) is 6.19. The van der Waals surface area contributed by atoms with Crippen LogP contribution in [0.5, 0.6) is 5.75 Å². The van der Waals surface area contributed by atoms with Crippen molar-refractivity contribution < 1.29 is 19.6 Å². The van der Waals surface area contributed by atoms with Crippen LogP contribution in [0.4, 0.5) is 4.79 Å². The topological polar surface area (TPSA) is 122 Å². The molecule has 1 atom stereocenters. The van der Waals surface area contributed by atoms with Crippen LogP contribution in [0.2, 0.25) is 0 Å². The Bertz CT molecular complexity index is 1010. The van der Waals surface area contributed by atoms with E-state index in [1.54, 1.807) is 43.3 Å². The number of nitro groups is 1. The highest BCUT2D eigenvalue weighted by molar-refractivity contribution is 6.06. The van der Waals surface area contributed by atoms with E-state index in [0.717, 1.165) is 10.8 Å². The van der Waals surface area contributed by atoms with Crippen molar-refractivity contribution in [3.05, 3.63) is 75.5 Å². The molecule has 3 N–H and O–H groups in total. The van der Waals surface area contributed by atoms with Crippen LogP contribution in [0.3, 0.4) is 0 Å². The number of benzene rings is 2. The molecule has 0 saturated carbocycles. The monoisotopic (exact) mass is 367 g/mol. The number of phenols is 1. The highest BCUT2D eigenvalue weighted by Gasteiger charge is 2.22. The molecule has 0 spiro atoms. The van der Waals surface area contributed by atoms with Crippen molar-refractivity contribution in [3.8, 4) is 5.75 Å². The number of hydrogen-bond acceptors (Lipinski definition) is 5. The molecular formula is C19H17N3O5. The number of fused-ring (bicyclic) bond motifs is 1. The van der Waals surface area contributed by atoms with Crippen molar-refractivity contribution in [1.29, 1.82) is 0 Å². The molecule has 27 heavy (non-hydrogen) atoms. The standard InChI is InChI=1S/C19H17N3O5/c1-11-16-7-5-13(9-12(16)6-8-17(11)23)18(24)21-19(25)20-14-3-2-4-15(10-14)22(26)27/h2-9,15,23H,10H2,1H3,(H2,20,21,24,25). The summed E-state index contributed by atoms with van der Waals surface area (Å²) < 4.78 is 0. The zero-order chi connectivity index (χ0) is 19.6. The number of rotatable bonds is 3. The van der Waals surface area contributed by atoms with Crippen LogP contribution in [0.15, 0.2) is 54.3 Å². The van der Waals surface area contributed by atoms with Crippen LogP contribution >= 0.6 is 0 Å². The summed E-state index contributed by atoms with van der Waals surface area (Å²) >= 11 is 0. The average Bonchev–Trinajstić information content (AvgIpc) is 2.64. The van der Waals surface area contributed by atoms with Crippen LogP contribution < -0.4 is 10.6 Å². The van der Waals surface area contributed by atoms with Crippen LogP contribution in [-0.2, 0) is 0 Å². The number of carbonyl (C=O) groups is 2. The molecule has 2 aromatic rings. The molecule has 0 aromatic heterocycles. The molecule has 0 aliphatic heterocycles. The summed E-state index contributed by atoms with van der Waals surface area (Å²) in [4.78, 5) is 34.7. The molecule has 0 heterocycles. The number of nitrogens with zero attached hydrogens (tertiary/aromatic N) is 1. The molecule has 138 valence electrons. The molecule has 3 rings (SSSR count). The van der Waals surface area contributed by atoms with Crippen molar-refractivity contribution in [1.82, 2.24) is 10.6 Å². The van der Waals surface area contributed by atoms with Gasteiger partial charge in [0.25, 0.3) is 5.91 Å². The molecule has 8 nitrogen and oxygen atoms in total. The summed E-state index contributed by atoms with van der Waals surface area (Å²) in [6.07, 6.45) is 4.53. The van der Waals surface area contributed by atoms with Gasteiger partial charge in [-0.1, -0.05) is 18.2 Å². The number of nitrogens with one attached hydrogen (secondary N) is 2. The number of imide groups is 1. The molecule has 8 heteroatoms. The summed E-state index contributed by atoms with van der Waals surface area (Å²) in [5.74, 6) is -0.431. The van der Waals surface area contributed by atoms with E-state index in [1.807, 2.05) is 0 Å². The van der Waals surface area contributed by atoms with E-state index in [2.05, 4.69) is 10.6 Å². The van der Waals surface area contributed by atoms with Crippen molar-refractivity contribution in [3.63, 3.8) is 0 Å². The molecule has 0 fully saturated rings. The maximum Gasteiger partial charge on any atom is 0.325 e. The Morgan fingerprint density at radius 2 is 2.04 bits per heavy atom. The molecular weight excluding hydrogens is 350 g/mol. The van der Waals surface area contributed by atoms with Gasteiger partial charge in [-0.05, 0) is 53.6 Å². The van der Waals surface area contributed by atoms with E-state index in [9.17, 15) is 24.8 Å². The Hall–Kier alpha value is -3.68. The van der Waals surface area contributed by atoms with Gasteiger partial charge in [0.15, 0.2) is 0 Å². The first-order valence-corrected chi connectivity index (χ1v) is 8.20. The summed E-state index contributed by atoms with van der Waals surface area (Å²) in [6.45, 7) is 1.77. The van der Waals surface area contributed by atoms with Gasteiger partial charge in [-0.3, -0.25) is 20.2 Å². The number of aromatic hydroxyl groups is 1. The number of hydrogen-bond donors (Lipinski definition) is 3. The first-order chi connectivity index (χ1) is 12.8. The zero-order valence-electron chi connectivity index (χ0n) is 14.4. The third kappa shape index (κ3) is 3.95. The van der Waals surface area contributed by atoms with Crippen LogP contribution in [-0.4, -0.2) is 28.0 Å². The quantitative estimate of drug-likeness (QED) is 0.569. The highest BCUT2D eigenvalue weighted by Crippen LogP contribution is 2.26. The predicted octanol–water partition coefficient (Wildman–Crippen LogP) is 2.78. The van der Waals surface area contributed by atoms with Crippen molar-refractivity contribution in [2.24, 2.45) is 0 Å². The first kappa shape index (κ1) is 18.1. The van der Waals surface area contributed by atoms with Crippen LogP contribution in [0.25, 0.3) is 10.8 Å². The molecule has 1 aliphatic rings. The van der Waals surface area contributed by atoms with E-state index in [1.165, 1.54) is 12.2 Å². The van der Waals surface area contributed by atoms with Gasteiger partial charge in [0.1, 0.15) is 5.75 Å². The lowest BCUT2D eigenvalue weighted by Crippen LogP contribution is -2.40. The predicted molar refractivity (Wildman–Crippen MR) is 99.0 cm³/mol. The van der Waals surface area contributed by atoms with Gasteiger partial charge >= 0.3 is 6.03 Å². The molecule has 1 aliphatic carbocycles. The summed E-state index contributed by atoms with van der Waals surface area (Å²) in [5, 5.41) is 26.8. The van der Waals surface area contributed by atoms with E-state index >= 15 is 0 Å². The van der Waals surface area contributed by atoms with Crippen molar-refractivity contribution in [2.45, 2.75) is 19.4 Å². The van der Waals surface area contributed by atoms with E-state index in [4.69, 9.17) is 0 Å². The molecule has 0 saturated heterocycles. The molecule has 2 aromatic carbocycles. The van der Waals surface area contributed by atoms with Crippen LogP contribution in [0.1, 0.15) is 22.3 Å². The lowest BCUT2D eigenvalue weighted by Gasteiger charge is -2.14. The SMILES string of the molecule is Cc1c(O)ccc2cc(C(=O)NC(=O)NC3=CC=CC([N+](=O)[O-])C3)ccc12. The Balaban J connectivity index is 1.68. The second kappa shape index (κ2) is 7.28. The van der Waals surface area contributed by atoms with E-state index in [0.29, 0.717) is 11.3 Å². The van der Waals surface area contributed by atoms with Crippen molar-refractivity contribution in [2.75, 3.05) is 0 Å². The van der Waals surface area contributed by atoms with Gasteiger partial charge in [-0.15, -0.1) is 0 Å². The van der Waals surface area contributed by atoms with Crippen LogP contribution in [0, 0.1) is 17.0 Å². The number of amides is 3. The smallest absolute Gasteiger partial charge is 0.325 e. The summed E-state index contributed by atoms with van der Waals surface area (Å²) in [7, 11) is 0. The fourth-order valence-corrected chi connectivity index (χ4v) is 2.87. The van der Waals surface area contributed by atoms with Crippen molar-refractivity contribution >= 4 is 22.7 Å². The minimum Gasteiger partial charge on any atom is -0.508 e. The van der Waals surface area contributed by atoms with E-state index < -0.39 is 22.9 Å². The average molecular weight is 367 g/mol. The largest absolute Gasteiger partial charge is 0.508 e. The fraction of sp³-hybridized carbons (Fsp3) is 0.158.